The lowest BCUT2D eigenvalue weighted by atomic mass is 10.1. The van der Waals surface area contributed by atoms with E-state index in [1.165, 1.54) is 18.4 Å². The highest BCUT2D eigenvalue weighted by Gasteiger charge is 2.55. The number of aliphatic imine (C=N–C) groups is 1. The molecule has 8 nitrogen and oxygen atoms in total. The van der Waals surface area contributed by atoms with E-state index in [-0.39, 0.29) is 12.0 Å². The highest BCUT2D eigenvalue weighted by Crippen LogP contribution is 2.40. The second kappa shape index (κ2) is 5.09. The molecule has 0 spiro atoms. The number of carbonyl (C=O) groups excluding carboxylic acids is 1. The maximum Gasteiger partial charge on any atom is 0.329 e. The Bertz CT molecular complexity index is 1040. The van der Waals surface area contributed by atoms with E-state index in [1.807, 2.05) is 30.2 Å². The van der Waals surface area contributed by atoms with Crippen molar-refractivity contribution in [1.29, 1.82) is 0 Å². The predicted octanol–water partition coefficient (Wildman–Crippen LogP) is 1.78. The third-order valence-electron chi connectivity index (χ3n) is 5.86. The number of nitrogens with one attached hydrogen (secondary N) is 1. The molecule has 5 heterocycles. The van der Waals surface area contributed by atoms with Gasteiger partial charge in [-0.3, -0.25) is 4.99 Å². The van der Waals surface area contributed by atoms with Crippen molar-refractivity contribution in [3.8, 4) is 0 Å². The first-order valence-corrected chi connectivity index (χ1v) is 9.45. The van der Waals surface area contributed by atoms with Gasteiger partial charge < -0.3 is 15.0 Å². The van der Waals surface area contributed by atoms with Crippen LogP contribution in [0.4, 0.5) is 11.8 Å². The third kappa shape index (κ3) is 2.35. The zero-order valence-electron chi connectivity index (χ0n) is 15.1. The Kier molecular flexibility index (Phi) is 2.86. The molecule has 3 aliphatic heterocycles. The number of aromatic nitrogens is 3. The maximum absolute atomic E-state index is 12.1. The molecule has 1 N–H and O–H groups in total. The van der Waals surface area contributed by atoms with Gasteiger partial charge in [-0.2, -0.15) is 4.98 Å². The van der Waals surface area contributed by atoms with Crippen LogP contribution in [0.1, 0.15) is 26.2 Å². The minimum atomic E-state index is -0.443. The molecule has 2 aromatic rings. The van der Waals surface area contributed by atoms with E-state index >= 15 is 0 Å². The average Bonchev–Trinajstić information content (AvgIpc) is 2.98. The zero-order valence-corrected chi connectivity index (χ0v) is 15.1. The number of rotatable bonds is 3. The van der Waals surface area contributed by atoms with E-state index in [0.29, 0.717) is 30.6 Å². The Morgan fingerprint density at radius 1 is 1.37 bits per heavy atom. The van der Waals surface area contributed by atoms with Crippen LogP contribution in [0.25, 0.3) is 5.52 Å². The van der Waals surface area contributed by atoms with Gasteiger partial charge in [0.1, 0.15) is 23.0 Å². The zero-order chi connectivity index (χ0) is 18.2. The van der Waals surface area contributed by atoms with Gasteiger partial charge in [0.25, 0.3) is 0 Å². The Morgan fingerprint density at radius 2 is 2.26 bits per heavy atom. The van der Waals surface area contributed by atoms with Gasteiger partial charge >= 0.3 is 5.97 Å². The van der Waals surface area contributed by atoms with Gasteiger partial charge in [0.05, 0.1) is 13.1 Å². The third-order valence-corrected chi connectivity index (χ3v) is 5.86. The molecule has 0 amide bonds. The van der Waals surface area contributed by atoms with Gasteiger partial charge in [0.2, 0.25) is 5.95 Å². The van der Waals surface area contributed by atoms with Crippen molar-refractivity contribution in [3.63, 3.8) is 0 Å². The molecule has 0 radical (unpaired) electrons. The van der Waals surface area contributed by atoms with Crippen molar-refractivity contribution in [2.45, 2.75) is 37.8 Å². The molecule has 1 saturated carbocycles. The van der Waals surface area contributed by atoms with Gasteiger partial charge in [-0.05, 0) is 49.5 Å². The van der Waals surface area contributed by atoms with Gasteiger partial charge in [-0.15, -0.1) is 5.10 Å². The lowest BCUT2D eigenvalue weighted by Gasteiger charge is -2.29. The van der Waals surface area contributed by atoms with Gasteiger partial charge in [-0.1, -0.05) is 0 Å². The summed E-state index contributed by atoms with van der Waals surface area (Å²) in [5.41, 5.74) is 1.85. The van der Waals surface area contributed by atoms with E-state index in [2.05, 4.69) is 21.5 Å². The second-order valence-corrected chi connectivity index (χ2v) is 8.14. The van der Waals surface area contributed by atoms with Crippen LogP contribution in [-0.4, -0.2) is 51.1 Å². The summed E-state index contributed by atoms with van der Waals surface area (Å²) in [6.45, 7) is 3.36. The van der Waals surface area contributed by atoms with Crippen molar-refractivity contribution in [2.24, 2.45) is 10.9 Å². The fourth-order valence-corrected chi connectivity index (χ4v) is 4.34. The van der Waals surface area contributed by atoms with Crippen LogP contribution < -0.4 is 10.2 Å². The van der Waals surface area contributed by atoms with Crippen LogP contribution in [-0.2, 0) is 9.53 Å². The number of nitrogens with zero attached hydrogens (tertiary/aromatic N) is 5. The number of esters is 1. The van der Waals surface area contributed by atoms with Gasteiger partial charge in [0, 0.05) is 12.6 Å². The molecular weight excluding hydrogens is 344 g/mol. The molecule has 4 aliphatic rings. The molecule has 2 saturated heterocycles. The largest absolute Gasteiger partial charge is 0.456 e. The van der Waals surface area contributed by atoms with Crippen LogP contribution in [0.15, 0.2) is 35.0 Å². The number of carbonyl (C=O) groups is 1. The highest BCUT2D eigenvalue weighted by atomic mass is 16.6. The molecule has 138 valence electrons. The lowest BCUT2D eigenvalue weighted by molar-refractivity contribution is -0.150. The SMILES string of the molecule is C[C@@]12CC(C(=O)O1)N(c1nc(NC3=NCC(C4CC4)=C3)c3cccn3n1)C2. The smallest absolute Gasteiger partial charge is 0.329 e. The van der Waals surface area contributed by atoms with E-state index in [9.17, 15) is 4.79 Å². The van der Waals surface area contributed by atoms with E-state index in [1.54, 1.807) is 4.52 Å². The molecule has 27 heavy (non-hydrogen) atoms. The average molecular weight is 364 g/mol. The molecular formula is C19H20N6O2. The summed E-state index contributed by atoms with van der Waals surface area (Å²) in [4.78, 5) is 23.5. The molecule has 2 atom stereocenters. The number of hydrogen-bond donors (Lipinski definition) is 1. The van der Waals surface area contributed by atoms with Crippen molar-refractivity contribution < 1.29 is 9.53 Å². The van der Waals surface area contributed by atoms with Crippen LogP contribution >= 0.6 is 0 Å². The van der Waals surface area contributed by atoms with Crippen LogP contribution in [0.5, 0.6) is 0 Å². The van der Waals surface area contributed by atoms with E-state index in [4.69, 9.17) is 9.72 Å². The van der Waals surface area contributed by atoms with Gasteiger partial charge in [0.15, 0.2) is 5.82 Å². The topological polar surface area (TPSA) is 84.1 Å². The first-order chi connectivity index (χ1) is 13.1. The monoisotopic (exact) mass is 364 g/mol. The first kappa shape index (κ1) is 15.2. The van der Waals surface area contributed by atoms with Crippen molar-refractivity contribution >= 4 is 29.1 Å². The number of hydrogen-bond acceptors (Lipinski definition) is 7. The minimum absolute atomic E-state index is 0.188. The van der Waals surface area contributed by atoms with Crippen LogP contribution in [0.2, 0.25) is 0 Å². The van der Waals surface area contributed by atoms with Crippen LogP contribution in [0.3, 0.4) is 0 Å². The maximum atomic E-state index is 12.1. The Hall–Kier alpha value is -2.90. The Balaban J connectivity index is 1.36. The molecule has 2 aromatic heterocycles. The fraction of sp³-hybridized carbons (Fsp3) is 0.474. The summed E-state index contributed by atoms with van der Waals surface area (Å²) in [7, 11) is 0. The molecule has 1 unspecified atom stereocenters. The molecule has 0 aromatic carbocycles. The van der Waals surface area contributed by atoms with E-state index in [0.717, 1.165) is 17.9 Å². The summed E-state index contributed by atoms with van der Waals surface area (Å²) in [5, 5.41) is 7.99. The summed E-state index contributed by atoms with van der Waals surface area (Å²) >= 11 is 0. The van der Waals surface area contributed by atoms with Gasteiger partial charge in [-0.25, -0.2) is 9.31 Å². The normalized spacial score (nSPS) is 29.3. The summed E-state index contributed by atoms with van der Waals surface area (Å²) in [6.07, 6.45) is 7.28. The van der Waals surface area contributed by atoms with Crippen molar-refractivity contribution in [2.75, 3.05) is 23.3 Å². The number of fused-ring (bicyclic) bond motifs is 3. The van der Waals surface area contributed by atoms with Crippen molar-refractivity contribution in [3.05, 3.63) is 30.0 Å². The number of ether oxygens (including phenoxy) is 1. The minimum Gasteiger partial charge on any atom is -0.456 e. The first-order valence-electron chi connectivity index (χ1n) is 9.45. The summed E-state index contributed by atoms with van der Waals surface area (Å²) < 4.78 is 7.26. The summed E-state index contributed by atoms with van der Waals surface area (Å²) in [5.74, 6) is 2.62. The molecule has 3 fully saturated rings. The Labute approximate surface area is 155 Å². The fourth-order valence-electron chi connectivity index (χ4n) is 4.34. The predicted molar refractivity (Wildman–Crippen MR) is 100.0 cm³/mol. The molecule has 8 heteroatoms. The number of morpholine rings is 1. The van der Waals surface area contributed by atoms with Crippen molar-refractivity contribution in [1.82, 2.24) is 14.6 Å². The molecule has 2 bridgehead atoms. The second-order valence-electron chi connectivity index (χ2n) is 8.14. The lowest BCUT2D eigenvalue weighted by Crippen LogP contribution is -2.45. The number of amidine groups is 1. The molecule has 1 aliphatic carbocycles. The quantitative estimate of drug-likeness (QED) is 0.836. The number of anilines is 2. The molecule has 6 rings (SSSR count). The summed E-state index contributed by atoms with van der Waals surface area (Å²) in [6, 6.07) is 3.60. The van der Waals surface area contributed by atoms with E-state index < -0.39 is 5.60 Å². The highest BCUT2D eigenvalue weighted by molar-refractivity contribution is 6.07. The van der Waals surface area contributed by atoms with Crippen LogP contribution in [0, 0.1) is 5.92 Å². The standard InChI is InChI=1S/C19H20N6O2/c1-19-8-14(17(26)27-19)24(10-19)18-22-16(13-3-2-6-25(13)23-18)21-15-7-12(9-20-15)11-4-5-11/h2-3,6-7,11,14H,4-5,8-10H2,1H3,(H,20,21,22,23)/t14?,19-/m0/s1. The Morgan fingerprint density at radius 3 is 3.04 bits per heavy atom.